The van der Waals surface area contributed by atoms with E-state index in [1.54, 1.807) is 7.11 Å². The van der Waals surface area contributed by atoms with E-state index in [0.717, 1.165) is 0 Å². The summed E-state index contributed by atoms with van der Waals surface area (Å²) in [7, 11) is 1.61. The summed E-state index contributed by atoms with van der Waals surface area (Å²) in [4.78, 5) is 0. The summed E-state index contributed by atoms with van der Waals surface area (Å²) in [6.07, 6.45) is -4.85. The summed E-state index contributed by atoms with van der Waals surface area (Å²) in [5.74, 6) is 0.151. The van der Waals surface area contributed by atoms with Gasteiger partial charge in [0.15, 0.2) is 0 Å². The Morgan fingerprint density at radius 3 is 2.62 bits per heavy atom. The largest absolute Gasteiger partial charge is 0.573 e. The van der Waals surface area contributed by atoms with Crippen LogP contribution in [0.15, 0.2) is 22.7 Å². The Balaban J connectivity index is 2.51. The molecule has 1 aromatic rings. The third kappa shape index (κ3) is 7.54. The zero-order valence-corrected chi connectivity index (χ0v) is 13.3. The molecule has 1 rings (SSSR count). The lowest BCUT2D eigenvalue weighted by atomic mass is 10.3. The number of nitrogens with one attached hydrogen (secondary N) is 1. The normalized spacial score (nSPS) is 13.0. The van der Waals surface area contributed by atoms with Crippen LogP contribution in [0.3, 0.4) is 0 Å². The highest BCUT2D eigenvalue weighted by Gasteiger charge is 2.32. The van der Waals surface area contributed by atoms with E-state index in [9.17, 15) is 13.2 Å². The van der Waals surface area contributed by atoms with E-state index in [2.05, 4.69) is 26.0 Å². The van der Waals surface area contributed by atoms with Gasteiger partial charge in [-0.15, -0.1) is 13.2 Å². The van der Waals surface area contributed by atoms with Crippen LogP contribution in [0.1, 0.15) is 6.92 Å². The fraction of sp³-hybridized carbons (Fsp3) is 0.538. The number of rotatable bonds is 8. The summed E-state index contributed by atoms with van der Waals surface area (Å²) in [5, 5.41) is 3.13. The maximum absolute atomic E-state index is 12.1. The molecule has 8 heteroatoms. The van der Waals surface area contributed by atoms with Crippen LogP contribution < -0.4 is 14.8 Å². The van der Waals surface area contributed by atoms with Crippen LogP contribution in [0.5, 0.6) is 11.5 Å². The molecule has 120 valence electrons. The molecule has 0 heterocycles. The van der Waals surface area contributed by atoms with Crippen molar-refractivity contribution in [3.05, 3.63) is 22.7 Å². The van der Waals surface area contributed by atoms with Gasteiger partial charge < -0.3 is 19.5 Å². The van der Waals surface area contributed by atoms with E-state index in [4.69, 9.17) is 9.47 Å². The summed E-state index contributed by atoms with van der Waals surface area (Å²) in [5.41, 5.74) is 0. The molecule has 1 N–H and O–H groups in total. The molecule has 0 aliphatic carbocycles. The Kier molecular flexibility index (Phi) is 7.27. The predicted octanol–water partition coefficient (Wildman–Crippen LogP) is 3.35. The number of halogens is 4. The minimum absolute atomic E-state index is 0.136. The average Bonchev–Trinajstić information content (AvgIpc) is 2.37. The molecule has 0 amide bonds. The standard InChI is InChI=1S/C13H17BrF3NO3/c1-9(8-18-5-6-19-2)20-10-3-4-12(11(14)7-10)21-13(15,16)17/h3-4,7,9,18H,5-6,8H2,1-2H3. The van der Waals surface area contributed by atoms with Crippen molar-refractivity contribution in [3.63, 3.8) is 0 Å². The third-order valence-electron chi connectivity index (χ3n) is 2.38. The molecular formula is C13H17BrF3NO3. The summed E-state index contributed by atoms with van der Waals surface area (Å²) in [6.45, 7) is 3.75. The van der Waals surface area contributed by atoms with Gasteiger partial charge in [0.05, 0.1) is 11.1 Å². The average molecular weight is 372 g/mol. The van der Waals surface area contributed by atoms with Crippen LogP contribution >= 0.6 is 15.9 Å². The van der Waals surface area contributed by atoms with Crippen LogP contribution in [0, 0.1) is 0 Å². The number of ether oxygens (including phenoxy) is 3. The van der Waals surface area contributed by atoms with E-state index < -0.39 is 6.36 Å². The number of hydrogen-bond donors (Lipinski definition) is 1. The van der Waals surface area contributed by atoms with Crippen molar-refractivity contribution in [2.75, 3.05) is 26.8 Å². The molecule has 0 bridgehead atoms. The van der Waals surface area contributed by atoms with E-state index in [0.29, 0.717) is 25.4 Å². The minimum atomic E-state index is -4.72. The van der Waals surface area contributed by atoms with Gasteiger partial charge in [0.2, 0.25) is 0 Å². The van der Waals surface area contributed by atoms with Crippen LogP contribution in [0.25, 0.3) is 0 Å². The molecule has 1 aromatic carbocycles. The van der Waals surface area contributed by atoms with E-state index >= 15 is 0 Å². The Labute approximate surface area is 129 Å². The number of methoxy groups -OCH3 is 1. The first-order valence-electron chi connectivity index (χ1n) is 6.23. The van der Waals surface area contributed by atoms with Gasteiger partial charge in [-0.3, -0.25) is 0 Å². The highest BCUT2D eigenvalue weighted by atomic mass is 79.9. The number of alkyl halides is 3. The van der Waals surface area contributed by atoms with Crippen molar-refractivity contribution in [2.45, 2.75) is 19.4 Å². The molecule has 0 saturated carbocycles. The van der Waals surface area contributed by atoms with Crippen molar-refractivity contribution in [1.82, 2.24) is 5.32 Å². The molecule has 0 fully saturated rings. The predicted molar refractivity (Wildman–Crippen MR) is 75.7 cm³/mol. The van der Waals surface area contributed by atoms with Gasteiger partial charge in [-0.1, -0.05) is 0 Å². The van der Waals surface area contributed by atoms with Crippen LogP contribution in [-0.4, -0.2) is 39.3 Å². The quantitative estimate of drug-likeness (QED) is 0.711. The van der Waals surface area contributed by atoms with Gasteiger partial charge in [-0.05, 0) is 41.1 Å². The van der Waals surface area contributed by atoms with Gasteiger partial charge in [-0.25, -0.2) is 0 Å². The highest BCUT2D eigenvalue weighted by molar-refractivity contribution is 9.10. The Hall–Kier alpha value is -0.990. The molecule has 0 radical (unpaired) electrons. The SMILES string of the molecule is COCCNCC(C)Oc1ccc(OC(F)(F)F)c(Br)c1. The molecule has 0 spiro atoms. The Morgan fingerprint density at radius 1 is 1.33 bits per heavy atom. The molecule has 1 atom stereocenters. The Bertz CT molecular complexity index is 443. The van der Waals surface area contributed by atoms with Gasteiger partial charge in [0.1, 0.15) is 17.6 Å². The summed E-state index contributed by atoms with van der Waals surface area (Å²) in [6, 6.07) is 4.07. The second-order valence-corrected chi connectivity index (χ2v) is 5.12. The maximum Gasteiger partial charge on any atom is 0.573 e. The first-order chi connectivity index (χ1) is 9.81. The van der Waals surface area contributed by atoms with E-state index in [-0.39, 0.29) is 16.3 Å². The topological polar surface area (TPSA) is 39.7 Å². The second-order valence-electron chi connectivity index (χ2n) is 4.27. The van der Waals surface area contributed by atoms with Crippen molar-refractivity contribution in [3.8, 4) is 11.5 Å². The first kappa shape index (κ1) is 18.1. The van der Waals surface area contributed by atoms with Crippen molar-refractivity contribution in [2.24, 2.45) is 0 Å². The van der Waals surface area contributed by atoms with Crippen molar-refractivity contribution < 1.29 is 27.4 Å². The van der Waals surface area contributed by atoms with Gasteiger partial charge in [0, 0.05) is 20.2 Å². The molecule has 0 saturated heterocycles. The first-order valence-corrected chi connectivity index (χ1v) is 7.02. The summed E-state index contributed by atoms with van der Waals surface area (Å²) < 4.78 is 50.9. The lowest BCUT2D eigenvalue weighted by Gasteiger charge is -2.17. The molecule has 1 unspecified atom stereocenters. The zero-order chi connectivity index (χ0) is 15.9. The highest BCUT2D eigenvalue weighted by Crippen LogP contribution is 2.33. The van der Waals surface area contributed by atoms with Gasteiger partial charge >= 0.3 is 6.36 Å². The van der Waals surface area contributed by atoms with Gasteiger partial charge in [-0.2, -0.15) is 0 Å². The molecule has 21 heavy (non-hydrogen) atoms. The fourth-order valence-electron chi connectivity index (χ4n) is 1.52. The van der Waals surface area contributed by atoms with Crippen LogP contribution in [-0.2, 0) is 4.74 Å². The molecule has 0 aliphatic rings. The zero-order valence-electron chi connectivity index (χ0n) is 11.7. The number of hydrogen-bond acceptors (Lipinski definition) is 4. The molecule has 0 aliphatic heterocycles. The molecular weight excluding hydrogens is 355 g/mol. The monoisotopic (exact) mass is 371 g/mol. The summed E-state index contributed by atoms with van der Waals surface area (Å²) >= 11 is 3.03. The van der Waals surface area contributed by atoms with Gasteiger partial charge in [0.25, 0.3) is 0 Å². The molecule has 4 nitrogen and oxygen atoms in total. The van der Waals surface area contributed by atoms with Crippen LogP contribution in [0.4, 0.5) is 13.2 Å². The van der Waals surface area contributed by atoms with Crippen molar-refractivity contribution >= 4 is 15.9 Å². The van der Waals surface area contributed by atoms with Crippen LogP contribution in [0.2, 0.25) is 0 Å². The van der Waals surface area contributed by atoms with Crippen molar-refractivity contribution in [1.29, 1.82) is 0 Å². The lowest BCUT2D eigenvalue weighted by molar-refractivity contribution is -0.274. The van der Waals surface area contributed by atoms with E-state index in [1.165, 1.54) is 18.2 Å². The smallest absolute Gasteiger partial charge is 0.489 e. The Morgan fingerprint density at radius 2 is 2.05 bits per heavy atom. The minimum Gasteiger partial charge on any atom is -0.489 e. The fourth-order valence-corrected chi connectivity index (χ4v) is 1.95. The number of benzene rings is 1. The molecule has 0 aromatic heterocycles. The second kappa shape index (κ2) is 8.45. The third-order valence-corrected chi connectivity index (χ3v) is 3.00. The maximum atomic E-state index is 12.1. The lowest BCUT2D eigenvalue weighted by Crippen LogP contribution is -2.31. The van der Waals surface area contributed by atoms with E-state index in [1.807, 2.05) is 6.92 Å².